The monoisotopic (exact) mass is 174 g/mol. The molecule has 13 heavy (non-hydrogen) atoms. The van der Waals surface area contributed by atoms with Crippen LogP contribution in [0.5, 0.6) is 0 Å². The molecule has 0 saturated heterocycles. The lowest BCUT2D eigenvalue weighted by Gasteiger charge is -2.01. The van der Waals surface area contributed by atoms with E-state index in [-0.39, 0.29) is 0 Å². The summed E-state index contributed by atoms with van der Waals surface area (Å²) < 4.78 is 0. The van der Waals surface area contributed by atoms with Crippen LogP contribution in [0.15, 0.2) is 46.7 Å². The smallest absolute Gasteiger partial charge is 0.0880 e. The lowest BCUT2D eigenvalue weighted by molar-refractivity contribution is 0.829. The summed E-state index contributed by atoms with van der Waals surface area (Å²) in [5.41, 5.74) is 1.55. The molecule has 0 amide bonds. The van der Waals surface area contributed by atoms with Gasteiger partial charge in [0, 0.05) is 12.4 Å². The SMILES string of the molecule is C=C1N=CC=CC1=N/C=C\C(C)C. The van der Waals surface area contributed by atoms with E-state index in [0.717, 1.165) is 11.4 Å². The molecule has 0 aliphatic carbocycles. The third kappa shape index (κ3) is 3.20. The Labute approximate surface area is 79.1 Å². The van der Waals surface area contributed by atoms with E-state index in [4.69, 9.17) is 0 Å². The molecule has 1 heterocycles. The van der Waals surface area contributed by atoms with Crippen molar-refractivity contribution in [1.29, 1.82) is 0 Å². The molecule has 1 aliphatic heterocycles. The van der Waals surface area contributed by atoms with Crippen LogP contribution < -0.4 is 0 Å². The van der Waals surface area contributed by atoms with Crippen LogP contribution in [0.4, 0.5) is 0 Å². The maximum atomic E-state index is 4.24. The Balaban J connectivity index is 2.67. The second kappa shape index (κ2) is 4.55. The van der Waals surface area contributed by atoms with Gasteiger partial charge < -0.3 is 0 Å². The molecular weight excluding hydrogens is 160 g/mol. The van der Waals surface area contributed by atoms with Gasteiger partial charge >= 0.3 is 0 Å². The number of rotatable bonds is 2. The Morgan fingerprint density at radius 3 is 2.92 bits per heavy atom. The summed E-state index contributed by atoms with van der Waals surface area (Å²) in [4.78, 5) is 8.28. The Morgan fingerprint density at radius 1 is 1.54 bits per heavy atom. The lowest BCUT2D eigenvalue weighted by atomic mass is 10.2. The fraction of sp³-hybridized carbons (Fsp3) is 0.273. The third-order valence-electron chi connectivity index (χ3n) is 1.55. The lowest BCUT2D eigenvalue weighted by Crippen LogP contribution is -1.99. The zero-order valence-electron chi connectivity index (χ0n) is 8.07. The van der Waals surface area contributed by atoms with Gasteiger partial charge in [-0.15, -0.1) is 0 Å². The first-order chi connectivity index (χ1) is 6.20. The van der Waals surface area contributed by atoms with Crippen LogP contribution in [-0.4, -0.2) is 11.9 Å². The molecular formula is C11H14N2. The number of aliphatic imine (C=N–C) groups is 2. The molecule has 2 heteroatoms. The van der Waals surface area contributed by atoms with Crippen LogP contribution in [0.25, 0.3) is 0 Å². The molecule has 0 aromatic rings. The minimum atomic E-state index is 0.522. The van der Waals surface area contributed by atoms with Crippen LogP contribution in [-0.2, 0) is 0 Å². The maximum absolute atomic E-state index is 4.24. The van der Waals surface area contributed by atoms with E-state index in [1.807, 2.05) is 18.2 Å². The fourth-order valence-electron chi connectivity index (χ4n) is 0.843. The van der Waals surface area contributed by atoms with Crippen molar-refractivity contribution in [3.63, 3.8) is 0 Å². The van der Waals surface area contributed by atoms with E-state index in [9.17, 15) is 0 Å². The summed E-state index contributed by atoms with van der Waals surface area (Å²) in [6.07, 6.45) is 9.31. The van der Waals surface area contributed by atoms with E-state index in [1.54, 1.807) is 12.4 Å². The van der Waals surface area contributed by atoms with Crippen LogP contribution in [0, 0.1) is 5.92 Å². The number of dihydropyridines is 1. The topological polar surface area (TPSA) is 24.7 Å². The summed E-state index contributed by atoms with van der Waals surface area (Å²) in [5.74, 6) is 0.522. The number of nitrogens with zero attached hydrogens (tertiary/aromatic N) is 2. The van der Waals surface area contributed by atoms with Crippen molar-refractivity contribution in [1.82, 2.24) is 0 Å². The molecule has 0 atom stereocenters. The van der Waals surface area contributed by atoms with E-state index in [1.165, 1.54) is 0 Å². The van der Waals surface area contributed by atoms with E-state index >= 15 is 0 Å². The summed E-state index contributed by atoms with van der Waals surface area (Å²) >= 11 is 0. The molecule has 68 valence electrons. The zero-order chi connectivity index (χ0) is 9.68. The Morgan fingerprint density at radius 2 is 2.31 bits per heavy atom. The second-order valence-corrected chi connectivity index (χ2v) is 3.18. The molecule has 0 spiro atoms. The van der Waals surface area contributed by atoms with E-state index in [2.05, 4.69) is 30.4 Å². The highest BCUT2D eigenvalue weighted by molar-refractivity contribution is 6.12. The minimum Gasteiger partial charge on any atom is -0.255 e. The summed E-state index contributed by atoms with van der Waals surface area (Å²) in [5, 5.41) is 0. The number of hydrogen-bond acceptors (Lipinski definition) is 2. The molecule has 1 aliphatic rings. The molecule has 0 aromatic heterocycles. The second-order valence-electron chi connectivity index (χ2n) is 3.18. The molecule has 0 unspecified atom stereocenters. The van der Waals surface area contributed by atoms with Gasteiger partial charge in [0.2, 0.25) is 0 Å². The van der Waals surface area contributed by atoms with Gasteiger partial charge in [0.1, 0.15) is 0 Å². The van der Waals surface area contributed by atoms with Crippen molar-refractivity contribution >= 4 is 11.9 Å². The maximum Gasteiger partial charge on any atom is 0.0880 e. The average Bonchev–Trinajstić information content (AvgIpc) is 2.08. The quantitative estimate of drug-likeness (QED) is 0.615. The highest BCUT2D eigenvalue weighted by Gasteiger charge is 1.99. The van der Waals surface area contributed by atoms with E-state index in [0.29, 0.717) is 5.92 Å². The molecule has 1 rings (SSSR count). The third-order valence-corrected chi connectivity index (χ3v) is 1.55. The highest BCUT2D eigenvalue weighted by atomic mass is 14.8. The molecule has 0 saturated carbocycles. The first-order valence-corrected chi connectivity index (χ1v) is 4.34. The van der Waals surface area contributed by atoms with Gasteiger partial charge in [0.25, 0.3) is 0 Å². The zero-order valence-corrected chi connectivity index (χ0v) is 8.07. The van der Waals surface area contributed by atoms with Gasteiger partial charge in [-0.25, -0.2) is 0 Å². The van der Waals surface area contributed by atoms with Gasteiger partial charge in [0.15, 0.2) is 0 Å². The van der Waals surface area contributed by atoms with Gasteiger partial charge in [0.05, 0.1) is 11.4 Å². The van der Waals surface area contributed by atoms with Gasteiger partial charge in [-0.2, -0.15) is 0 Å². The Kier molecular flexibility index (Phi) is 3.38. The van der Waals surface area contributed by atoms with Crippen LogP contribution >= 0.6 is 0 Å². The normalized spacial score (nSPS) is 19.6. The summed E-state index contributed by atoms with van der Waals surface area (Å²) in [6, 6.07) is 0. The van der Waals surface area contributed by atoms with Crippen molar-refractivity contribution < 1.29 is 0 Å². The molecule has 0 bridgehead atoms. The van der Waals surface area contributed by atoms with Gasteiger partial charge in [-0.1, -0.05) is 26.5 Å². The minimum absolute atomic E-state index is 0.522. The van der Waals surface area contributed by atoms with Gasteiger partial charge in [-0.3, -0.25) is 9.98 Å². The largest absolute Gasteiger partial charge is 0.255 e. The Bertz CT molecular complexity index is 304. The van der Waals surface area contributed by atoms with Crippen molar-refractivity contribution in [2.45, 2.75) is 13.8 Å². The van der Waals surface area contributed by atoms with E-state index < -0.39 is 0 Å². The molecule has 0 N–H and O–H groups in total. The van der Waals surface area contributed by atoms with Crippen molar-refractivity contribution in [3.8, 4) is 0 Å². The van der Waals surface area contributed by atoms with Crippen molar-refractivity contribution in [2.75, 3.05) is 0 Å². The highest BCUT2D eigenvalue weighted by Crippen LogP contribution is 2.04. The van der Waals surface area contributed by atoms with Gasteiger partial charge in [-0.05, 0) is 18.1 Å². The standard InChI is InChI=1S/C11H14N2/c1-9(2)6-8-13-11-5-4-7-12-10(11)3/h4-9H,3H2,1-2H3/b8-6-,13-11?. The van der Waals surface area contributed by atoms with Crippen LogP contribution in [0.1, 0.15) is 13.8 Å². The molecule has 2 nitrogen and oxygen atoms in total. The van der Waals surface area contributed by atoms with Crippen molar-refractivity contribution in [3.05, 3.63) is 36.7 Å². The number of allylic oxidation sites excluding steroid dienone is 3. The fourth-order valence-corrected chi connectivity index (χ4v) is 0.843. The molecule has 0 fully saturated rings. The molecule has 0 radical (unpaired) electrons. The van der Waals surface area contributed by atoms with Crippen molar-refractivity contribution in [2.24, 2.45) is 15.9 Å². The van der Waals surface area contributed by atoms with Crippen LogP contribution in [0.3, 0.4) is 0 Å². The first-order valence-electron chi connectivity index (χ1n) is 4.34. The predicted molar refractivity (Wildman–Crippen MR) is 58.2 cm³/mol. The Hall–Kier alpha value is -1.44. The molecule has 0 aromatic carbocycles. The summed E-state index contributed by atoms with van der Waals surface area (Å²) in [7, 11) is 0. The first kappa shape index (κ1) is 9.65. The predicted octanol–water partition coefficient (Wildman–Crippen LogP) is 2.75. The average molecular weight is 174 g/mol. The number of hydrogen-bond donors (Lipinski definition) is 0. The summed E-state index contributed by atoms with van der Waals surface area (Å²) in [6.45, 7) is 8.00. The van der Waals surface area contributed by atoms with Crippen LogP contribution in [0.2, 0.25) is 0 Å².